The van der Waals surface area contributed by atoms with Gasteiger partial charge in [-0.05, 0) is 18.1 Å². The van der Waals surface area contributed by atoms with Crippen LogP contribution in [0.5, 0.6) is 5.75 Å². The molecule has 0 saturated carbocycles. The number of urea groups is 1. The first-order valence-corrected chi connectivity index (χ1v) is 7.24. The van der Waals surface area contributed by atoms with Gasteiger partial charge in [0.15, 0.2) is 11.6 Å². The van der Waals surface area contributed by atoms with Gasteiger partial charge in [-0.25, -0.2) is 9.18 Å². The summed E-state index contributed by atoms with van der Waals surface area (Å²) in [6, 6.07) is 3.73. The van der Waals surface area contributed by atoms with E-state index in [9.17, 15) is 14.3 Å². The molecule has 0 spiro atoms. The largest absolute Gasteiger partial charge is 0.494 e. The minimum atomic E-state index is -0.546. The molecular formula is C16H25FN2O3. The number of aliphatic hydroxyl groups is 1. The Morgan fingerprint density at radius 1 is 1.41 bits per heavy atom. The molecule has 6 heteroatoms. The molecule has 0 aromatic heterocycles. The Kier molecular flexibility index (Phi) is 6.17. The summed E-state index contributed by atoms with van der Waals surface area (Å²) in [6.45, 7) is 7.91. The van der Waals surface area contributed by atoms with Crippen molar-refractivity contribution in [1.82, 2.24) is 5.32 Å². The predicted octanol–water partition coefficient (Wildman–Crippen LogP) is 3.00. The van der Waals surface area contributed by atoms with Crippen LogP contribution in [0.15, 0.2) is 18.2 Å². The van der Waals surface area contributed by atoms with Crippen molar-refractivity contribution in [3.8, 4) is 5.75 Å². The topological polar surface area (TPSA) is 70.6 Å². The van der Waals surface area contributed by atoms with E-state index < -0.39 is 23.4 Å². The highest BCUT2D eigenvalue weighted by Gasteiger charge is 2.30. The number of ether oxygens (including phenoxy) is 1. The lowest BCUT2D eigenvalue weighted by Gasteiger charge is -2.33. The van der Waals surface area contributed by atoms with Gasteiger partial charge in [0, 0.05) is 23.7 Å². The van der Waals surface area contributed by atoms with E-state index in [1.807, 2.05) is 27.7 Å². The number of hydrogen-bond acceptors (Lipinski definition) is 3. The summed E-state index contributed by atoms with van der Waals surface area (Å²) >= 11 is 0. The zero-order valence-electron chi connectivity index (χ0n) is 13.7. The van der Waals surface area contributed by atoms with Crippen molar-refractivity contribution in [2.24, 2.45) is 11.3 Å². The number of aliphatic hydroxyl groups excluding tert-OH is 1. The van der Waals surface area contributed by atoms with Gasteiger partial charge in [0.1, 0.15) is 0 Å². The van der Waals surface area contributed by atoms with Crippen molar-refractivity contribution in [3.05, 3.63) is 24.0 Å². The second-order valence-electron chi connectivity index (χ2n) is 6.33. The molecule has 0 fully saturated rings. The number of carbonyl (C=O) groups excluding carboxylic acids is 1. The first kappa shape index (κ1) is 18.2. The molecule has 0 aliphatic carbocycles. The maximum atomic E-state index is 13.5. The molecule has 1 aromatic carbocycles. The Morgan fingerprint density at radius 2 is 2.05 bits per heavy atom. The van der Waals surface area contributed by atoms with E-state index in [-0.39, 0.29) is 11.7 Å². The zero-order chi connectivity index (χ0) is 16.9. The SMILES string of the molecule is COc1ccc(NC(=O)NCC(C)(C)C(O)C(C)C)cc1F. The number of anilines is 1. The van der Waals surface area contributed by atoms with Crippen LogP contribution in [0.25, 0.3) is 0 Å². The lowest BCUT2D eigenvalue weighted by molar-refractivity contribution is 0.0154. The smallest absolute Gasteiger partial charge is 0.319 e. The van der Waals surface area contributed by atoms with Gasteiger partial charge in [0.2, 0.25) is 0 Å². The van der Waals surface area contributed by atoms with Crippen LogP contribution >= 0.6 is 0 Å². The predicted molar refractivity (Wildman–Crippen MR) is 84.6 cm³/mol. The Labute approximate surface area is 130 Å². The van der Waals surface area contributed by atoms with Crippen molar-refractivity contribution in [3.63, 3.8) is 0 Å². The molecular weight excluding hydrogens is 287 g/mol. The van der Waals surface area contributed by atoms with E-state index in [1.54, 1.807) is 6.07 Å². The van der Waals surface area contributed by atoms with Crippen LogP contribution in [-0.4, -0.2) is 30.9 Å². The molecule has 0 heterocycles. The van der Waals surface area contributed by atoms with Gasteiger partial charge < -0.3 is 20.5 Å². The minimum absolute atomic E-state index is 0.0931. The van der Waals surface area contributed by atoms with Crippen LogP contribution in [0.3, 0.4) is 0 Å². The highest BCUT2D eigenvalue weighted by molar-refractivity contribution is 5.89. The summed E-state index contributed by atoms with van der Waals surface area (Å²) in [6.07, 6.45) is -0.536. The van der Waals surface area contributed by atoms with Gasteiger partial charge in [-0.1, -0.05) is 27.7 Å². The van der Waals surface area contributed by atoms with Crippen molar-refractivity contribution in [1.29, 1.82) is 0 Å². The summed E-state index contributed by atoms with van der Waals surface area (Å²) < 4.78 is 18.4. The van der Waals surface area contributed by atoms with E-state index in [0.717, 1.165) is 0 Å². The molecule has 3 N–H and O–H groups in total. The van der Waals surface area contributed by atoms with Gasteiger partial charge >= 0.3 is 6.03 Å². The van der Waals surface area contributed by atoms with Crippen LogP contribution in [0, 0.1) is 17.2 Å². The average Bonchev–Trinajstić information content (AvgIpc) is 2.44. The van der Waals surface area contributed by atoms with Crippen molar-refractivity contribution < 1.29 is 19.0 Å². The molecule has 1 unspecified atom stereocenters. The lowest BCUT2D eigenvalue weighted by Crippen LogP contribution is -2.44. The maximum absolute atomic E-state index is 13.5. The van der Waals surface area contributed by atoms with E-state index in [4.69, 9.17) is 4.74 Å². The quantitative estimate of drug-likeness (QED) is 0.756. The number of halogens is 1. The van der Waals surface area contributed by atoms with Crippen LogP contribution in [-0.2, 0) is 0 Å². The van der Waals surface area contributed by atoms with E-state index in [0.29, 0.717) is 12.2 Å². The maximum Gasteiger partial charge on any atom is 0.319 e. The fraction of sp³-hybridized carbons (Fsp3) is 0.562. The molecule has 124 valence electrons. The van der Waals surface area contributed by atoms with Crippen LogP contribution < -0.4 is 15.4 Å². The third kappa shape index (κ3) is 4.87. The van der Waals surface area contributed by atoms with E-state index >= 15 is 0 Å². The van der Waals surface area contributed by atoms with E-state index in [2.05, 4.69) is 10.6 Å². The van der Waals surface area contributed by atoms with Crippen LogP contribution in [0.2, 0.25) is 0 Å². The molecule has 5 nitrogen and oxygen atoms in total. The molecule has 0 radical (unpaired) electrons. The third-order valence-electron chi connectivity index (χ3n) is 3.55. The van der Waals surface area contributed by atoms with Crippen LogP contribution in [0.4, 0.5) is 14.9 Å². The fourth-order valence-corrected chi connectivity index (χ4v) is 2.23. The Balaban J connectivity index is 2.58. The van der Waals surface area contributed by atoms with Crippen molar-refractivity contribution >= 4 is 11.7 Å². The molecule has 0 saturated heterocycles. The highest BCUT2D eigenvalue weighted by Crippen LogP contribution is 2.25. The lowest BCUT2D eigenvalue weighted by atomic mass is 9.81. The second kappa shape index (κ2) is 7.45. The van der Waals surface area contributed by atoms with Gasteiger partial charge in [0.25, 0.3) is 0 Å². The summed E-state index contributed by atoms with van der Waals surface area (Å²) in [5.41, 5.74) is -0.130. The van der Waals surface area contributed by atoms with E-state index in [1.165, 1.54) is 19.2 Å². The molecule has 2 amide bonds. The number of benzene rings is 1. The molecule has 0 bridgehead atoms. The number of methoxy groups -OCH3 is 1. The first-order valence-electron chi connectivity index (χ1n) is 7.24. The normalized spacial score (nSPS) is 12.9. The molecule has 1 atom stereocenters. The number of nitrogens with one attached hydrogen (secondary N) is 2. The average molecular weight is 312 g/mol. The summed E-state index contributed by atoms with van der Waals surface area (Å²) in [5, 5.41) is 15.4. The molecule has 0 aliphatic rings. The van der Waals surface area contributed by atoms with Gasteiger partial charge in [-0.3, -0.25) is 0 Å². The first-order chi connectivity index (χ1) is 10.2. The second-order valence-corrected chi connectivity index (χ2v) is 6.33. The minimum Gasteiger partial charge on any atom is -0.494 e. The zero-order valence-corrected chi connectivity index (χ0v) is 13.7. The summed E-state index contributed by atoms with van der Waals surface area (Å²) in [4.78, 5) is 11.9. The van der Waals surface area contributed by atoms with Crippen molar-refractivity contribution in [2.45, 2.75) is 33.8 Å². The monoisotopic (exact) mass is 312 g/mol. The number of amides is 2. The van der Waals surface area contributed by atoms with Crippen LogP contribution in [0.1, 0.15) is 27.7 Å². The standard InChI is InChI=1S/C16H25FN2O3/c1-10(2)14(20)16(3,4)9-18-15(21)19-11-6-7-13(22-5)12(17)8-11/h6-8,10,14,20H,9H2,1-5H3,(H2,18,19,21). The number of carbonyl (C=O) groups is 1. The molecule has 1 aromatic rings. The molecule has 1 rings (SSSR count). The number of rotatable bonds is 6. The van der Waals surface area contributed by atoms with Gasteiger partial charge in [0.05, 0.1) is 13.2 Å². The number of hydrogen-bond donors (Lipinski definition) is 3. The van der Waals surface area contributed by atoms with Crippen molar-refractivity contribution in [2.75, 3.05) is 19.0 Å². The Hall–Kier alpha value is -1.82. The van der Waals surface area contributed by atoms with Gasteiger partial charge in [-0.15, -0.1) is 0 Å². The van der Waals surface area contributed by atoms with Gasteiger partial charge in [-0.2, -0.15) is 0 Å². The summed E-state index contributed by atoms with van der Waals surface area (Å²) in [7, 11) is 1.38. The molecule has 22 heavy (non-hydrogen) atoms. The molecule has 0 aliphatic heterocycles. The third-order valence-corrected chi connectivity index (χ3v) is 3.55. The fourth-order valence-electron chi connectivity index (χ4n) is 2.23. The highest BCUT2D eigenvalue weighted by atomic mass is 19.1. The Bertz CT molecular complexity index is 518. The Morgan fingerprint density at radius 3 is 2.55 bits per heavy atom. The summed E-state index contributed by atoms with van der Waals surface area (Å²) in [5.74, 6) is -0.335.